The van der Waals surface area contributed by atoms with E-state index in [9.17, 15) is 4.79 Å². The summed E-state index contributed by atoms with van der Waals surface area (Å²) in [6.45, 7) is 9.10. The highest BCUT2D eigenvalue weighted by molar-refractivity contribution is 9.10. The van der Waals surface area contributed by atoms with Gasteiger partial charge in [0.25, 0.3) is 5.56 Å². The smallest absolute Gasteiger partial charge is 0.283 e. The van der Waals surface area contributed by atoms with Gasteiger partial charge in [-0.25, -0.2) is 4.68 Å². The van der Waals surface area contributed by atoms with E-state index in [4.69, 9.17) is 0 Å². The van der Waals surface area contributed by atoms with Gasteiger partial charge in [-0.15, -0.1) is 6.58 Å². The van der Waals surface area contributed by atoms with Gasteiger partial charge in [-0.1, -0.05) is 13.0 Å². The summed E-state index contributed by atoms with van der Waals surface area (Å²) in [5.74, 6) is 0. The molecule has 0 aliphatic heterocycles. The summed E-state index contributed by atoms with van der Waals surface area (Å²) in [5, 5.41) is 7.40. The first-order valence-corrected chi connectivity index (χ1v) is 7.81. The highest BCUT2D eigenvalue weighted by Gasteiger charge is 2.27. The highest BCUT2D eigenvalue weighted by atomic mass is 79.9. The molecule has 0 spiro atoms. The van der Waals surface area contributed by atoms with Crippen LogP contribution in [-0.4, -0.2) is 40.4 Å². The average Bonchev–Trinajstić information content (AvgIpc) is 3.27. The van der Waals surface area contributed by atoms with Gasteiger partial charge in [-0.3, -0.25) is 9.69 Å². The van der Waals surface area contributed by atoms with Crippen molar-refractivity contribution in [3.8, 4) is 0 Å². The topological polar surface area (TPSA) is 50.2 Å². The molecule has 5 nitrogen and oxygen atoms in total. The van der Waals surface area contributed by atoms with Crippen molar-refractivity contribution in [3.05, 3.63) is 33.7 Å². The van der Waals surface area contributed by atoms with Crippen LogP contribution in [0.2, 0.25) is 0 Å². The normalized spacial score (nSPS) is 14.6. The van der Waals surface area contributed by atoms with E-state index in [2.05, 4.69) is 44.7 Å². The van der Waals surface area contributed by atoms with Gasteiger partial charge >= 0.3 is 0 Å². The fourth-order valence-electron chi connectivity index (χ4n) is 2.21. The number of nitrogens with one attached hydrogen (secondary N) is 1. The summed E-state index contributed by atoms with van der Waals surface area (Å²) in [4.78, 5) is 14.5. The largest absolute Gasteiger partial charge is 0.381 e. The van der Waals surface area contributed by atoms with Crippen molar-refractivity contribution >= 4 is 21.6 Å². The van der Waals surface area contributed by atoms with E-state index in [-0.39, 0.29) is 5.56 Å². The SMILES string of the molecule is C=CCn1ncc(NCCN(CC)C2CC2)c(Br)c1=O. The molecule has 20 heavy (non-hydrogen) atoms. The fourth-order valence-corrected chi connectivity index (χ4v) is 2.66. The number of hydrogen-bond acceptors (Lipinski definition) is 4. The number of hydrogen-bond donors (Lipinski definition) is 1. The minimum absolute atomic E-state index is 0.135. The Bertz CT molecular complexity index is 524. The van der Waals surface area contributed by atoms with Crippen LogP contribution in [0.15, 0.2) is 28.1 Å². The van der Waals surface area contributed by atoms with Crippen molar-refractivity contribution in [3.63, 3.8) is 0 Å². The third-order valence-corrected chi connectivity index (χ3v) is 4.24. The van der Waals surface area contributed by atoms with Crippen LogP contribution in [0.4, 0.5) is 5.69 Å². The maximum atomic E-state index is 12.0. The Morgan fingerprint density at radius 3 is 3.00 bits per heavy atom. The van der Waals surface area contributed by atoms with Crippen LogP contribution < -0.4 is 10.9 Å². The Morgan fingerprint density at radius 2 is 2.40 bits per heavy atom. The molecule has 0 aromatic carbocycles. The van der Waals surface area contributed by atoms with Crippen molar-refractivity contribution in [2.45, 2.75) is 32.4 Å². The van der Waals surface area contributed by atoms with Crippen LogP contribution in [0.1, 0.15) is 19.8 Å². The van der Waals surface area contributed by atoms with Crippen LogP contribution in [0, 0.1) is 0 Å². The summed E-state index contributed by atoms with van der Waals surface area (Å²) in [7, 11) is 0. The molecule has 1 aliphatic rings. The Hall–Kier alpha value is -1.14. The van der Waals surface area contributed by atoms with Crippen LogP contribution in [0.25, 0.3) is 0 Å². The Balaban J connectivity index is 1.94. The van der Waals surface area contributed by atoms with E-state index in [1.54, 1.807) is 12.3 Å². The van der Waals surface area contributed by atoms with Gasteiger partial charge in [0.2, 0.25) is 0 Å². The monoisotopic (exact) mass is 340 g/mol. The van der Waals surface area contributed by atoms with Gasteiger partial charge in [-0.2, -0.15) is 5.10 Å². The number of aromatic nitrogens is 2. The van der Waals surface area contributed by atoms with Gasteiger partial charge in [0.15, 0.2) is 0 Å². The van der Waals surface area contributed by atoms with Crippen molar-refractivity contribution in [1.82, 2.24) is 14.7 Å². The van der Waals surface area contributed by atoms with Gasteiger partial charge in [0.1, 0.15) is 4.47 Å². The molecule has 2 rings (SSSR count). The third kappa shape index (κ3) is 3.70. The second kappa shape index (κ2) is 7.04. The maximum absolute atomic E-state index is 12.0. The number of likely N-dealkylation sites (N-methyl/N-ethyl adjacent to an activating group) is 1. The molecule has 0 radical (unpaired) electrons. The third-order valence-electron chi connectivity index (χ3n) is 3.47. The Morgan fingerprint density at radius 1 is 1.65 bits per heavy atom. The molecular weight excluding hydrogens is 320 g/mol. The van der Waals surface area contributed by atoms with Gasteiger partial charge in [-0.05, 0) is 35.3 Å². The predicted octanol–water partition coefficient (Wildman–Crippen LogP) is 2.09. The van der Waals surface area contributed by atoms with Gasteiger partial charge in [0.05, 0.1) is 18.4 Å². The molecule has 0 bridgehead atoms. The fraction of sp³-hybridized carbons (Fsp3) is 0.571. The molecule has 0 amide bonds. The first-order valence-electron chi connectivity index (χ1n) is 7.01. The second-order valence-electron chi connectivity index (χ2n) is 4.93. The average molecular weight is 341 g/mol. The van der Waals surface area contributed by atoms with Crippen molar-refractivity contribution in [2.24, 2.45) is 0 Å². The Kier molecular flexibility index (Phi) is 5.37. The molecule has 1 saturated carbocycles. The van der Waals surface area contributed by atoms with E-state index in [0.29, 0.717) is 11.0 Å². The summed E-state index contributed by atoms with van der Waals surface area (Å²) < 4.78 is 1.91. The van der Waals surface area contributed by atoms with Crippen LogP contribution >= 0.6 is 15.9 Å². The number of halogens is 1. The van der Waals surface area contributed by atoms with E-state index >= 15 is 0 Å². The second-order valence-corrected chi connectivity index (χ2v) is 5.73. The minimum Gasteiger partial charge on any atom is -0.381 e. The van der Waals surface area contributed by atoms with E-state index in [0.717, 1.165) is 31.4 Å². The number of rotatable bonds is 8. The summed E-state index contributed by atoms with van der Waals surface area (Å²) in [6, 6.07) is 0.768. The zero-order valence-corrected chi connectivity index (χ0v) is 13.4. The van der Waals surface area contributed by atoms with Crippen molar-refractivity contribution in [1.29, 1.82) is 0 Å². The predicted molar refractivity (Wildman–Crippen MR) is 85.2 cm³/mol. The van der Waals surface area contributed by atoms with E-state index in [1.807, 2.05) is 0 Å². The minimum atomic E-state index is -0.135. The van der Waals surface area contributed by atoms with E-state index in [1.165, 1.54) is 17.5 Å². The van der Waals surface area contributed by atoms with Crippen LogP contribution in [0.3, 0.4) is 0 Å². The lowest BCUT2D eigenvalue weighted by Crippen LogP contribution is -2.31. The Labute approximate surface area is 127 Å². The quantitative estimate of drug-likeness (QED) is 0.736. The molecule has 0 unspecified atom stereocenters. The molecule has 0 atom stereocenters. The molecule has 0 saturated heterocycles. The van der Waals surface area contributed by atoms with Gasteiger partial charge in [0, 0.05) is 19.1 Å². The molecule has 6 heteroatoms. The summed E-state index contributed by atoms with van der Waals surface area (Å²) >= 11 is 3.34. The highest BCUT2D eigenvalue weighted by Crippen LogP contribution is 2.26. The molecule has 1 aromatic rings. The number of nitrogens with zero attached hydrogens (tertiary/aromatic N) is 3. The van der Waals surface area contributed by atoms with Crippen molar-refractivity contribution in [2.75, 3.05) is 25.0 Å². The first kappa shape index (κ1) is 15.3. The zero-order valence-electron chi connectivity index (χ0n) is 11.8. The van der Waals surface area contributed by atoms with Crippen molar-refractivity contribution < 1.29 is 0 Å². The molecule has 1 aromatic heterocycles. The molecule has 1 N–H and O–H groups in total. The van der Waals surface area contributed by atoms with Gasteiger partial charge < -0.3 is 5.32 Å². The summed E-state index contributed by atoms with van der Waals surface area (Å²) in [5.41, 5.74) is 0.617. The molecular formula is C14H21BrN4O. The van der Waals surface area contributed by atoms with Crippen LogP contribution in [0.5, 0.6) is 0 Å². The first-order chi connectivity index (χ1) is 9.67. The lowest BCUT2D eigenvalue weighted by Gasteiger charge is -2.20. The molecule has 1 fully saturated rings. The molecule has 1 heterocycles. The van der Waals surface area contributed by atoms with E-state index < -0.39 is 0 Å². The number of anilines is 1. The zero-order chi connectivity index (χ0) is 14.5. The molecule has 110 valence electrons. The lowest BCUT2D eigenvalue weighted by molar-refractivity contribution is 0.289. The molecule has 1 aliphatic carbocycles. The maximum Gasteiger partial charge on any atom is 0.283 e. The summed E-state index contributed by atoms with van der Waals surface area (Å²) in [6.07, 6.45) is 5.97. The standard InChI is InChI=1S/C14H21BrN4O/c1-3-8-19-14(20)13(15)12(10-17-19)16-7-9-18(4-2)11-5-6-11/h3,10-11,16H,1,4-9H2,2H3. The lowest BCUT2D eigenvalue weighted by atomic mass is 10.4. The van der Waals surface area contributed by atoms with Crippen LogP contribution in [-0.2, 0) is 6.54 Å². The number of allylic oxidation sites excluding steroid dienone is 1.